The summed E-state index contributed by atoms with van der Waals surface area (Å²) >= 11 is 11.5. The predicted molar refractivity (Wildman–Crippen MR) is 57.6 cm³/mol. The molecule has 2 nitrogen and oxygen atoms in total. The van der Waals surface area contributed by atoms with Crippen LogP contribution >= 0.6 is 23.2 Å². The molecule has 1 aromatic carbocycles. The van der Waals surface area contributed by atoms with Crippen molar-refractivity contribution in [3.05, 3.63) is 28.8 Å². The van der Waals surface area contributed by atoms with Crippen LogP contribution in [0, 0.1) is 0 Å². The Bertz CT molecular complexity index is 348. The first-order valence-corrected chi connectivity index (χ1v) is 4.89. The maximum atomic E-state index is 11.5. The fourth-order valence-corrected chi connectivity index (χ4v) is 1.36. The van der Waals surface area contributed by atoms with Gasteiger partial charge in [-0.3, -0.25) is 4.79 Å². The molecule has 0 bridgehead atoms. The number of Topliss-reactive ketones (excluding diaryl/α,β-unsaturated/α-hetero) is 1. The Morgan fingerprint density at radius 3 is 2.64 bits per heavy atom. The Morgan fingerprint density at radius 1 is 1.50 bits per heavy atom. The van der Waals surface area contributed by atoms with Crippen LogP contribution in [0.2, 0.25) is 5.02 Å². The number of carbonyl (C=O) groups excluding carboxylic acids is 1. The number of alkyl halides is 1. The molecule has 1 rings (SSSR count). The van der Waals surface area contributed by atoms with E-state index in [1.54, 1.807) is 25.1 Å². The van der Waals surface area contributed by atoms with Crippen molar-refractivity contribution < 1.29 is 9.53 Å². The molecule has 0 aromatic heterocycles. The topological polar surface area (TPSA) is 26.3 Å². The number of hydrogen-bond donors (Lipinski definition) is 0. The third kappa shape index (κ3) is 2.40. The van der Waals surface area contributed by atoms with Crippen molar-refractivity contribution in [1.29, 1.82) is 0 Å². The molecule has 76 valence electrons. The number of benzene rings is 1. The first-order valence-electron chi connectivity index (χ1n) is 4.08. The zero-order valence-corrected chi connectivity index (χ0v) is 9.39. The second-order valence-corrected chi connectivity index (χ2v) is 3.89. The summed E-state index contributed by atoms with van der Waals surface area (Å²) in [5.41, 5.74) is 0.508. The Morgan fingerprint density at radius 2 is 2.14 bits per heavy atom. The number of ether oxygens (including phenoxy) is 1. The van der Waals surface area contributed by atoms with Crippen molar-refractivity contribution in [2.24, 2.45) is 0 Å². The largest absolute Gasteiger partial charge is 0.495 e. The van der Waals surface area contributed by atoms with Gasteiger partial charge in [-0.1, -0.05) is 11.6 Å². The molecule has 14 heavy (non-hydrogen) atoms. The molecule has 0 aliphatic rings. The zero-order valence-electron chi connectivity index (χ0n) is 7.88. The fourth-order valence-electron chi connectivity index (χ4n) is 1.04. The fraction of sp³-hybridized carbons (Fsp3) is 0.300. The molecule has 0 saturated heterocycles. The van der Waals surface area contributed by atoms with Crippen molar-refractivity contribution in [2.75, 3.05) is 7.11 Å². The van der Waals surface area contributed by atoms with Crippen molar-refractivity contribution in [3.8, 4) is 5.75 Å². The standard InChI is InChI=1S/C10H10Cl2O2/c1-6(11)10(13)7-3-4-8(12)9(5-7)14-2/h3-6H,1-2H3. The van der Waals surface area contributed by atoms with Crippen LogP contribution in [-0.2, 0) is 0 Å². The van der Waals surface area contributed by atoms with Crippen LogP contribution in [0.4, 0.5) is 0 Å². The highest BCUT2D eigenvalue weighted by Crippen LogP contribution is 2.25. The van der Waals surface area contributed by atoms with Gasteiger partial charge in [0, 0.05) is 5.56 Å². The molecule has 0 fully saturated rings. The summed E-state index contributed by atoms with van der Waals surface area (Å²) in [6.45, 7) is 1.63. The minimum absolute atomic E-state index is 0.137. The van der Waals surface area contributed by atoms with Crippen LogP contribution in [0.5, 0.6) is 5.75 Å². The maximum Gasteiger partial charge on any atom is 0.180 e. The van der Waals surface area contributed by atoms with Gasteiger partial charge in [-0.2, -0.15) is 0 Å². The van der Waals surface area contributed by atoms with E-state index in [1.165, 1.54) is 7.11 Å². The van der Waals surface area contributed by atoms with Crippen molar-refractivity contribution in [3.63, 3.8) is 0 Å². The smallest absolute Gasteiger partial charge is 0.180 e. The summed E-state index contributed by atoms with van der Waals surface area (Å²) in [4.78, 5) is 11.5. The minimum atomic E-state index is -0.541. The van der Waals surface area contributed by atoms with E-state index < -0.39 is 5.38 Å². The number of hydrogen-bond acceptors (Lipinski definition) is 2. The molecule has 1 aromatic rings. The SMILES string of the molecule is COc1cc(C(=O)C(C)Cl)ccc1Cl. The number of carbonyl (C=O) groups is 1. The quantitative estimate of drug-likeness (QED) is 0.592. The minimum Gasteiger partial charge on any atom is -0.495 e. The lowest BCUT2D eigenvalue weighted by molar-refractivity contribution is 0.0991. The summed E-state index contributed by atoms with van der Waals surface area (Å²) in [6, 6.07) is 4.84. The maximum absolute atomic E-state index is 11.5. The second kappa shape index (κ2) is 4.67. The summed E-state index contributed by atoms with van der Waals surface area (Å²) in [6.07, 6.45) is 0. The molecule has 0 aliphatic carbocycles. The van der Waals surface area contributed by atoms with E-state index in [4.69, 9.17) is 27.9 Å². The van der Waals surface area contributed by atoms with Gasteiger partial charge in [0.2, 0.25) is 0 Å². The van der Waals surface area contributed by atoms with Gasteiger partial charge in [0.05, 0.1) is 17.5 Å². The van der Waals surface area contributed by atoms with Gasteiger partial charge in [0.15, 0.2) is 5.78 Å². The molecule has 0 aliphatic heterocycles. The molecular formula is C10H10Cl2O2. The van der Waals surface area contributed by atoms with E-state index in [1.807, 2.05) is 0 Å². The molecule has 0 N–H and O–H groups in total. The molecule has 1 unspecified atom stereocenters. The van der Waals surface area contributed by atoms with Crippen molar-refractivity contribution in [2.45, 2.75) is 12.3 Å². The van der Waals surface area contributed by atoms with Gasteiger partial charge in [-0.15, -0.1) is 11.6 Å². The molecule has 4 heteroatoms. The van der Waals surface area contributed by atoms with E-state index in [0.29, 0.717) is 16.3 Å². The van der Waals surface area contributed by atoms with Gasteiger partial charge >= 0.3 is 0 Å². The molecule has 0 saturated carbocycles. The number of methoxy groups -OCH3 is 1. The molecule has 0 amide bonds. The third-order valence-corrected chi connectivity index (χ3v) is 2.31. The lowest BCUT2D eigenvalue weighted by Crippen LogP contribution is -2.10. The molecular weight excluding hydrogens is 223 g/mol. The van der Waals surface area contributed by atoms with Crippen molar-refractivity contribution in [1.82, 2.24) is 0 Å². The lowest BCUT2D eigenvalue weighted by Gasteiger charge is -2.06. The summed E-state index contributed by atoms with van der Waals surface area (Å²) in [5.74, 6) is 0.344. The number of rotatable bonds is 3. The van der Waals surface area contributed by atoms with Gasteiger partial charge in [0.25, 0.3) is 0 Å². The molecule has 0 radical (unpaired) electrons. The first-order chi connectivity index (χ1) is 6.56. The Labute approximate surface area is 92.8 Å². The van der Waals surface area contributed by atoms with Gasteiger partial charge in [-0.05, 0) is 25.1 Å². The summed E-state index contributed by atoms with van der Waals surface area (Å²) in [7, 11) is 1.50. The Kier molecular flexibility index (Phi) is 3.78. The van der Waals surface area contributed by atoms with E-state index in [9.17, 15) is 4.79 Å². The van der Waals surface area contributed by atoms with Crippen LogP contribution in [0.1, 0.15) is 17.3 Å². The second-order valence-electron chi connectivity index (χ2n) is 2.83. The Hall–Kier alpha value is -0.730. The van der Waals surface area contributed by atoms with Gasteiger partial charge in [0.1, 0.15) is 5.75 Å². The molecule has 0 spiro atoms. The van der Waals surface area contributed by atoms with Gasteiger partial charge < -0.3 is 4.74 Å². The predicted octanol–water partition coefficient (Wildman–Crippen LogP) is 3.16. The summed E-state index contributed by atoms with van der Waals surface area (Å²) in [5, 5.41) is -0.0628. The normalized spacial score (nSPS) is 12.3. The third-order valence-electron chi connectivity index (χ3n) is 1.80. The molecule has 1 atom stereocenters. The van der Waals surface area contributed by atoms with E-state index >= 15 is 0 Å². The zero-order chi connectivity index (χ0) is 10.7. The van der Waals surface area contributed by atoms with Crippen LogP contribution in [0.15, 0.2) is 18.2 Å². The Balaban J connectivity index is 3.06. The van der Waals surface area contributed by atoms with E-state index in [2.05, 4.69) is 0 Å². The number of ketones is 1. The number of halogens is 2. The first kappa shape index (κ1) is 11.3. The van der Waals surface area contributed by atoms with E-state index in [0.717, 1.165) is 0 Å². The highest BCUT2D eigenvalue weighted by Gasteiger charge is 2.13. The van der Waals surface area contributed by atoms with Crippen LogP contribution in [-0.4, -0.2) is 18.3 Å². The van der Waals surface area contributed by atoms with Crippen LogP contribution in [0.3, 0.4) is 0 Å². The van der Waals surface area contributed by atoms with E-state index in [-0.39, 0.29) is 5.78 Å². The molecule has 0 heterocycles. The highest BCUT2D eigenvalue weighted by molar-refractivity contribution is 6.34. The monoisotopic (exact) mass is 232 g/mol. The average molecular weight is 233 g/mol. The summed E-state index contributed by atoms with van der Waals surface area (Å²) < 4.78 is 4.99. The average Bonchev–Trinajstić information content (AvgIpc) is 2.17. The van der Waals surface area contributed by atoms with Crippen LogP contribution < -0.4 is 4.74 Å². The van der Waals surface area contributed by atoms with Gasteiger partial charge in [-0.25, -0.2) is 0 Å². The highest BCUT2D eigenvalue weighted by atomic mass is 35.5. The van der Waals surface area contributed by atoms with Crippen LogP contribution in [0.25, 0.3) is 0 Å². The van der Waals surface area contributed by atoms with Crippen molar-refractivity contribution >= 4 is 29.0 Å². The lowest BCUT2D eigenvalue weighted by atomic mass is 10.1.